The van der Waals surface area contributed by atoms with Crippen LogP contribution in [0.2, 0.25) is 0 Å². The molecule has 4 nitrogen and oxygen atoms in total. The van der Waals surface area contributed by atoms with Crippen LogP contribution in [0.4, 0.5) is 0 Å². The first kappa shape index (κ1) is 13.8. The van der Waals surface area contributed by atoms with Crippen LogP contribution in [0.3, 0.4) is 0 Å². The van der Waals surface area contributed by atoms with E-state index >= 15 is 0 Å². The predicted octanol–water partition coefficient (Wildman–Crippen LogP) is 2.57. The summed E-state index contributed by atoms with van der Waals surface area (Å²) in [6.07, 6.45) is 3.65. The molecule has 3 rings (SSSR count). The van der Waals surface area contributed by atoms with E-state index in [0.29, 0.717) is 6.54 Å². The lowest BCUT2D eigenvalue weighted by Gasteiger charge is -2.33. The second-order valence-corrected chi connectivity index (χ2v) is 5.56. The Hall–Kier alpha value is -2.20. The van der Waals surface area contributed by atoms with Crippen LogP contribution < -0.4 is 0 Å². The van der Waals surface area contributed by atoms with Crippen LogP contribution >= 0.6 is 0 Å². The Morgan fingerprint density at radius 3 is 2.95 bits per heavy atom. The number of benzene rings is 1. The molecule has 0 radical (unpaired) electrons. The summed E-state index contributed by atoms with van der Waals surface area (Å²) in [4.78, 5) is 17.9. The van der Waals surface area contributed by atoms with E-state index in [0.717, 1.165) is 29.8 Å². The number of carbonyl (C=O) groups is 1. The number of nitrogens with zero attached hydrogens (tertiary/aromatic N) is 2. The molecule has 0 amide bonds. The predicted molar refractivity (Wildman–Crippen MR) is 79.9 cm³/mol. The van der Waals surface area contributed by atoms with E-state index in [1.54, 1.807) is 6.20 Å². The van der Waals surface area contributed by atoms with Gasteiger partial charge in [-0.15, -0.1) is 0 Å². The van der Waals surface area contributed by atoms with E-state index < -0.39 is 11.9 Å². The monoisotopic (exact) mass is 282 g/mol. The maximum atomic E-state index is 11.5. The van der Waals surface area contributed by atoms with Gasteiger partial charge in [-0.1, -0.05) is 24.3 Å². The summed E-state index contributed by atoms with van der Waals surface area (Å²) in [5.41, 5.74) is 4.40. The van der Waals surface area contributed by atoms with Gasteiger partial charge in [-0.2, -0.15) is 0 Å². The number of fused-ring (bicyclic) bond motifs is 1. The van der Waals surface area contributed by atoms with Crippen LogP contribution in [-0.2, 0) is 17.9 Å². The fourth-order valence-electron chi connectivity index (χ4n) is 2.91. The Bertz CT molecular complexity index is 669. The van der Waals surface area contributed by atoms with Gasteiger partial charge in [-0.25, -0.2) is 0 Å². The molecule has 1 N–H and O–H groups in total. The molecule has 4 heteroatoms. The quantitative estimate of drug-likeness (QED) is 0.940. The molecule has 0 spiro atoms. The van der Waals surface area contributed by atoms with Crippen LogP contribution in [0.1, 0.15) is 28.2 Å². The van der Waals surface area contributed by atoms with Crippen molar-refractivity contribution in [2.45, 2.75) is 25.9 Å². The largest absolute Gasteiger partial charge is 0.481 e. The molecule has 2 heterocycles. The molecular weight excluding hydrogens is 264 g/mol. The van der Waals surface area contributed by atoms with Crippen LogP contribution in [0.15, 0.2) is 42.7 Å². The number of hydrogen-bond acceptors (Lipinski definition) is 3. The minimum atomic E-state index is -0.755. The molecule has 1 aromatic carbocycles. The molecule has 0 fully saturated rings. The maximum absolute atomic E-state index is 11.5. The first-order valence-corrected chi connectivity index (χ1v) is 7.07. The molecule has 1 aromatic heterocycles. The summed E-state index contributed by atoms with van der Waals surface area (Å²) < 4.78 is 0. The van der Waals surface area contributed by atoms with Gasteiger partial charge in [-0.3, -0.25) is 14.7 Å². The van der Waals surface area contributed by atoms with E-state index in [2.05, 4.69) is 16.8 Å². The summed E-state index contributed by atoms with van der Waals surface area (Å²) in [5, 5.41) is 9.48. The Labute approximate surface area is 124 Å². The van der Waals surface area contributed by atoms with Crippen molar-refractivity contribution < 1.29 is 9.90 Å². The third-order valence-corrected chi connectivity index (χ3v) is 4.10. The van der Waals surface area contributed by atoms with Crippen molar-refractivity contribution in [3.8, 4) is 0 Å². The number of carboxylic acid groups (broad SMARTS) is 1. The first-order valence-electron chi connectivity index (χ1n) is 7.07. The molecule has 0 aliphatic carbocycles. The molecule has 0 saturated heterocycles. The number of carboxylic acids is 1. The zero-order valence-electron chi connectivity index (χ0n) is 12.0. The van der Waals surface area contributed by atoms with Crippen LogP contribution in [-0.4, -0.2) is 27.5 Å². The van der Waals surface area contributed by atoms with E-state index in [4.69, 9.17) is 0 Å². The summed E-state index contributed by atoms with van der Waals surface area (Å²) in [5.74, 6) is -1.21. The van der Waals surface area contributed by atoms with Crippen LogP contribution in [0.5, 0.6) is 0 Å². The lowest BCUT2D eigenvalue weighted by molar-refractivity contribution is -0.139. The van der Waals surface area contributed by atoms with Crippen LogP contribution in [0, 0.1) is 6.92 Å². The number of rotatable bonds is 3. The van der Waals surface area contributed by atoms with Crippen molar-refractivity contribution in [1.82, 2.24) is 9.88 Å². The number of aryl methyl sites for hydroxylation is 1. The van der Waals surface area contributed by atoms with Gasteiger partial charge in [0.25, 0.3) is 0 Å². The van der Waals surface area contributed by atoms with Gasteiger partial charge < -0.3 is 5.11 Å². The SMILES string of the molecule is Cc1ccncc1CN1Cc2ccccc2C(C(=O)O)C1. The molecule has 0 bridgehead atoms. The van der Waals surface area contributed by atoms with Crippen molar-refractivity contribution in [1.29, 1.82) is 0 Å². The average Bonchev–Trinajstić information content (AvgIpc) is 2.48. The van der Waals surface area contributed by atoms with Crippen molar-refractivity contribution in [2.75, 3.05) is 6.54 Å². The topological polar surface area (TPSA) is 53.4 Å². The zero-order valence-corrected chi connectivity index (χ0v) is 12.0. The fraction of sp³-hybridized carbons (Fsp3) is 0.294. The highest BCUT2D eigenvalue weighted by atomic mass is 16.4. The van der Waals surface area contributed by atoms with E-state index in [9.17, 15) is 9.90 Å². The third-order valence-electron chi connectivity index (χ3n) is 4.10. The smallest absolute Gasteiger partial charge is 0.312 e. The number of pyridine rings is 1. The van der Waals surface area contributed by atoms with Gasteiger partial charge >= 0.3 is 5.97 Å². The maximum Gasteiger partial charge on any atom is 0.312 e. The lowest BCUT2D eigenvalue weighted by atomic mass is 9.89. The van der Waals surface area contributed by atoms with Gasteiger partial charge in [0.15, 0.2) is 0 Å². The zero-order chi connectivity index (χ0) is 14.8. The number of aliphatic carboxylic acids is 1. The second kappa shape index (κ2) is 5.66. The third kappa shape index (κ3) is 2.81. The van der Waals surface area contributed by atoms with Gasteiger partial charge in [0.2, 0.25) is 0 Å². The van der Waals surface area contributed by atoms with Gasteiger partial charge in [0.1, 0.15) is 0 Å². The number of hydrogen-bond donors (Lipinski definition) is 1. The molecule has 1 aliphatic heterocycles. The van der Waals surface area contributed by atoms with E-state index in [1.165, 1.54) is 5.56 Å². The highest BCUT2D eigenvalue weighted by molar-refractivity contribution is 5.77. The molecule has 1 unspecified atom stereocenters. The minimum Gasteiger partial charge on any atom is -0.481 e. The van der Waals surface area contributed by atoms with Crippen molar-refractivity contribution in [3.05, 3.63) is 65.0 Å². The summed E-state index contributed by atoms with van der Waals surface area (Å²) >= 11 is 0. The lowest BCUT2D eigenvalue weighted by Crippen LogP contribution is -2.36. The van der Waals surface area contributed by atoms with E-state index in [1.807, 2.05) is 36.5 Å². The van der Waals surface area contributed by atoms with Crippen molar-refractivity contribution in [2.24, 2.45) is 0 Å². The minimum absolute atomic E-state index is 0.452. The number of aromatic nitrogens is 1. The first-order chi connectivity index (χ1) is 10.1. The Kier molecular flexibility index (Phi) is 3.71. The van der Waals surface area contributed by atoms with Crippen molar-refractivity contribution in [3.63, 3.8) is 0 Å². The van der Waals surface area contributed by atoms with Crippen molar-refractivity contribution >= 4 is 5.97 Å². The Morgan fingerprint density at radius 2 is 2.19 bits per heavy atom. The Balaban J connectivity index is 1.87. The summed E-state index contributed by atoms with van der Waals surface area (Å²) in [7, 11) is 0. The van der Waals surface area contributed by atoms with Gasteiger partial charge in [0, 0.05) is 32.0 Å². The van der Waals surface area contributed by atoms with E-state index in [-0.39, 0.29) is 0 Å². The molecule has 1 atom stereocenters. The molecular formula is C17H18N2O2. The summed E-state index contributed by atoms with van der Waals surface area (Å²) in [6.45, 7) is 4.12. The highest BCUT2D eigenvalue weighted by Crippen LogP contribution is 2.29. The van der Waals surface area contributed by atoms with Gasteiger partial charge in [0.05, 0.1) is 5.92 Å². The van der Waals surface area contributed by atoms with Gasteiger partial charge in [-0.05, 0) is 35.2 Å². The fourth-order valence-corrected chi connectivity index (χ4v) is 2.91. The molecule has 2 aromatic rings. The molecule has 1 aliphatic rings. The standard InChI is InChI=1S/C17H18N2O2/c1-12-6-7-18-8-14(12)10-19-9-13-4-2-3-5-15(13)16(11-19)17(20)21/h2-8,16H,9-11H2,1H3,(H,20,21). The second-order valence-electron chi connectivity index (χ2n) is 5.56. The highest BCUT2D eigenvalue weighted by Gasteiger charge is 2.30. The molecule has 21 heavy (non-hydrogen) atoms. The average molecular weight is 282 g/mol. The molecule has 108 valence electrons. The van der Waals surface area contributed by atoms with Crippen LogP contribution in [0.25, 0.3) is 0 Å². The summed E-state index contributed by atoms with van der Waals surface area (Å²) in [6, 6.07) is 9.82. The molecule has 0 saturated carbocycles. The normalized spacial score (nSPS) is 18.2. The Morgan fingerprint density at radius 1 is 1.38 bits per heavy atom.